The molecule has 1 heterocycles. The number of piperidine rings is 1. The number of carboxylic acid groups (broad SMARTS) is 1. The highest BCUT2D eigenvalue weighted by atomic mass is 16.6. The first-order valence-electron chi connectivity index (χ1n) is 5.69. The summed E-state index contributed by atoms with van der Waals surface area (Å²) in [5, 5.41) is 12.2. The molecule has 5 heteroatoms. The zero-order valence-corrected chi connectivity index (χ0v) is 9.98. The van der Waals surface area contributed by atoms with Crippen LogP contribution in [-0.4, -0.2) is 47.9 Å². The molecule has 92 valence electrons. The van der Waals surface area contributed by atoms with E-state index in [1.807, 2.05) is 0 Å². The van der Waals surface area contributed by atoms with Gasteiger partial charge >= 0.3 is 5.97 Å². The fourth-order valence-corrected chi connectivity index (χ4v) is 1.78. The summed E-state index contributed by atoms with van der Waals surface area (Å²) in [6.07, 6.45) is 1.76. The predicted octanol–water partition coefficient (Wildman–Crippen LogP) is 1.20. The van der Waals surface area contributed by atoms with Crippen LogP contribution in [0.4, 0.5) is 0 Å². The van der Waals surface area contributed by atoms with E-state index in [0.29, 0.717) is 5.92 Å². The fourth-order valence-electron chi connectivity index (χ4n) is 1.78. The second-order valence-corrected chi connectivity index (χ2v) is 4.52. The number of likely N-dealkylation sites (tertiary alicyclic amines) is 1. The van der Waals surface area contributed by atoms with Crippen LogP contribution in [0.5, 0.6) is 0 Å². The molecule has 0 aromatic carbocycles. The van der Waals surface area contributed by atoms with Gasteiger partial charge in [-0.15, -0.1) is 0 Å². The number of oxime groups is 1. The Labute approximate surface area is 96.1 Å². The highest BCUT2D eigenvalue weighted by molar-refractivity contribution is 5.85. The first-order chi connectivity index (χ1) is 7.58. The molecule has 16 heavy (non-hydrogen) atoms. The molecule has 0 spiro atoms. The second kappa shape index (κ2) is 6.48. The average molecular weight is 228 g/mol. The first-order valence-corrected chi connectivity index (χ1v) is 5.69. The third-order valence-corrected chi connectivity index (χ3v) is 2.44. The van der Waals surface area contributed by atoms with Gasteiger partial charge in [-0.25, -0.2) is 4.79 Å². The zero-order chi connectivity index (χ0) is 12.0. The Hall–Kier alpha value is -1.10. The zero-order valence-electron chi connectivity index (χ0n) is 9.98. The lowest BCUT2D eigenvalue weighted by molar-refractivity contribution is -0.142. The van der Waals surface area contributed by atoms with Crippen molar-refractivity contribution in [2.45, 2.75) is 26.7 Å². The van der Waals surface area contributed by atoms with Crippen LogP contribution in [-0.2, 0) is 9.63 Å². The van der Waals surface area contributed by atoms with E-state index in [1.165, 1.54) is 0 Å². The monoisotopic (exact) mass is 228 g/mol. The van der Waals surface area contributed by atoms with Gasteiger partial charge in [0, 0.05) is 32.5 Å². The normalized spacial score (nSPS) is 17.6. The van der Waals surface area contributed by atoms with Gasteiger partial charge in [-0.1, -0.05) is 19.0 Å². The molecule has 1 aliphatic rings. The van der Waals surface area contributed by atoms with Gasteiger partial charge in [-0.3, -0.25) is 0 Å². The number of carbonyl (C=O) groups is 1. The summed E-state index contributed by atoms with van der Waals surface area (Å²) < 4.78 is 0. The van der Waals surface area contributed by atoms with Crippen molar-refractivity contribution >= 4 is 11.7 Å². The van der Waals surface area contributed by atoms with Crippen molar-refractivity contribution in [3.63, 3.8) is 0 Å². The quantitative estimate of drug-likeness (QED) is 0.718. The minimum absolute atomic E-state index is 0.348. The Kier molecular flexibility index (Phi) is 5.25. The summed E-state index contributed by atoms with van der Waals surface area (Å²) in [5.41, 5.74) is 0.973. The highest BCUT2D eigenvalue weighted by Gasteiger charge is 2.16. The van der Waals surface area contributed by atoms with Gasteiger partial charge in [-0.2, -0.15) is 0 Å². The van der Waals surface area contributed by atoms with E-state index >= 15 is 0 Å². The van der Waals surface area contributed by atoms with Crippen molar-refractivity contribution in [1.29, 1.82) is 0 Å². The van der Waals surface area contributed by atoms with Gasteiger partial charge in [0.15, 0.2) is 0 Å². The van der Waals surface area contributed by atoms with Gasteiger partial charge in [-0.05, 0) is 5.92 Å². The van der Waals surface area contributed by atoms with Crippen LogP contribution in [0.25, 0.3) is 0 Å². The first kappa shape index (κ1) is 13.0. The second-order valence-electron chi connectivity index (χ2n) is 4.52. The molecule has 1 rings (SSSR count). The maximum Gasteiger partial charge on any atom is 0.344 e. The van der Waals surface area contributed by atoms with Crippen LogP contribution in [0.15, 0.2) is 5.16 Å². The van der Waals surface area contributed by atoms with Gasteiger partial charge in [0.05, 0.1) is 5.71 Å². The third kappa shape index (κ3) is 5.11. The number of rotatable bonds is 5. The maximum atomic E-state index is 10.2. The van der Waals surface area contributed by atoms with Crippen molar-refractivity contribution in [2.24, 2.45) is 11.1 Å². The van der Waals surface area contributed by atoms with Crippen LogP contribution in [0.2, 0.25) is 0 Å². The van der Waals surface area contributed by atoms with E-state index in [0.717, 1.165) is 38.2 Å². The SMILES string of the molecule is CC(C)CN1CCC(=NOCC(=O)O)CC1. The largest absolute Gasteiger partial charge is 0.479 e. The van der Waals surface area contributed by atoms with E-state index in [4.69, 9.17) is 9.94 Å². The predicted molar refractivity (Wildman–Crippen MR) is 61.5 cm³/mol. The third-order valence-electron chi connectivity index (χ3n) is 2.44. The Morgan fingerprint density at radius 3 is 2.62 bits per heavy atom. The Morgan fingerprint density at radius 1 is 1.50 bits per heavy atom. The van der Waals surface area contributed by atoms with Gasteiger partial charge in [0.25, 0.3) is 0 Å². The molecule has 1 saturated heterocycles. The lowest BCUT2D eigenvalue weighted by atomic mass is 10.1. The summed E-state index contributed by atoms with van der Waals surface area (Å²) in [6.45, 7) is 7.17. The van der Waals surface area contributed by atoms with Crippen LogP contribution >= 0.6 is 0 Å². The number of hydrogen-bond acceptors (Lipinski definition) is 4. The van der Waals surface area contributed by atoms with Crippen LogP contribution in [0.1, 0.15) is 26.7 Å². The molecule has 0 aromatic heterocycles. The molecular formula is C11H20N2O3. The van der Waals surface area contributed by atoms with Crippen molar-refractivity contribution in [3.8, 4) is 0 Å². The van der Waals surface area contributed by atoms with Crippen LogP contribution in [0.3, 0.4) is 0 Å². The number of hydrogen-bond donors (Lipinski definition) is 1. The summed E-state index contributed by atoms with van der Waals surface area (Å²) >= 11 is 0. The molecule has 0 aliphatic carbocycles. The van der Waals surface area contributed by atoms with E-state index in [2.05, 4.69) is 23.9 Å². The standard InChI is InChI=1S/C11H20N2O3/c1-9(2)7-13-5-3-10(4-6-13)12-16-8-11(14)15/h9H,3-8H2,1-2H3,(H,14,15). The van der Waals surface area contributed by atoms with Gasteiger partial charge < -0.3 is 14.8 Å². The summed E-state index contributed by atoms with van der Waals surface area (Å²) in [7, 11) is 0. The Morgan fingerprint density at radius 2 is 2.12 bits per heavy atom. The van der Waals surface area contributed by atoms with Crippen molar-refractivity contribution in [3.05, 3.63) is 0 Å². The van der Waals surface area contributed by atoms with E-state index in [1.54, 1.807) is 0 Å². The van der Waals surface area contributed by atoms with Crippen LogP contribution < -0.4 is 0 Å². The minimum atomic E-state index is -0.985. The molecule has 0 bridgehead atoms. The number of aliphatic carboxylic acids is 1. The molecule has 1 aliphatic heterocycles. The summed E-state index contributed by atoms with van der Waals surface area (Å²) in [6, 6.07) is 0. The summed E-state index contributed by atoms with van der Waals surface area (Å²) in [5.74, 6) is -0.302. The molecule has 0 radical (unpaired) electrons. The smallest absolute Gasteiger partial charge is 0.344 e. The van der Waals surface area contributed by atoms with Crippen molar-refractivity contribution in [2.75, 3.05) is 26.2 Å². The molecule has 0 atom stereocenters. The molecular weight excluding hydrogens is 208 g/mol. The molecule has 0 unspecified atom stereocenters. The Balaban J connectivity index is 2.23. The van der Waals surface area contributed by atoms with Crippen LogP contribution in [0, 0.1) is 5.92 Å². The molecule has 5 nitrogen and oxygen atoms in total. The Bertz CT molecular complexity index is 254. The van der Waals surface area contributed by atoms with E-state index in [-0.39, 0.29) is 6.61 Å². The lowest BCUT2D eigenvalue weighted by Gasteiger charge is -2.28. The number of nitrogens with zero attached hydrogens (tertiary/aromatic N) is 2. The summed E-state index contributed by atoms with van der Waals surface area (Å²) in [4.78, 5) is 17.3. The number of carboxylic acids is 1. The lowest BCUT2D eigenvalue weighted by Crippen LogP contribution is -2.36. The molecule has 1 N–H and O–H groups in total. The fraction of sp³-hybridized carbons (Fsp3) is 0.818. The molecule has 1 fully saturated rings. The maximum absolute atomic E-state index is 10.2. The molecule has 0 saturated carbocycles. The van der Waals surface area contributed by atoms with E-state index in [9.17, 15) is 4.79 Å². The van der Waals surface area contributed by atoms with Gasteiger partial charge in [0.1, 0.15) is 0 Å². The average Bonchev–Trinajstić information content (AvgIpc) is 2.19. The van der Waals surface area contributed by atoms with E-state index < -0.39 is 5.97 Å². The molecule has 0 aromatic rings. The van der Waals surface area contributed by atoms with Crippen molar-refractivity contribution < 1.29 is 14.7 Å². The molecule has 0 amide bonds. The van der Waals surface area contributed by atoms with Crippen molar-refractivity contribution in [1.82, 2.24) is 4.90 Å². The minimum Gasteiger partial charge on any atom is -0.479 e. The topological polar surface area (TPSA) is 62.1 Å². The highest BCUT2D eigenvalue weighted by Crippen LogP contribution is 2.09. The van der Waals surface area contributed by atoms with Gasteiger partial charge in [0.2, 0.25) is 6.61 Å².